The number of hydrogen-bond acceptors (Lipinski definition) is 2. The SMILES string of the molecule is C#CC1(O)CCC2(C)C(=CCC3C4CCC(=O)C4(C)CCC32)C1. The molecule has 0 amide bonds. The maximum Gasteiger partial charge on any atom is 0.139 e. The van der Waals surface area contributed by atoms with Crippen LogP contribution in [0, 0.1) is 40.9 Å². The van der Waals surface area contributed by atoms with Crippen molar-refractivity contribution in [3.8, 4) is 12.3 Å². The minimum Gasteiger partial charge on any atom is -0.377 e. The Balaban J connectivity index is 1.68. The molecule has 3 fully saturated rings. The fourth-order valence-corrected chi connectivity index (χ4v) is 6.54. The Morgan fingerprint density at radius 3 is 2.65 bits per heavy atom. The van der Waals surface area contributed by atoms with Crippen LogP contribution in [-0.2, 0) is 4.79 Å². The van der Waals surface area contributed by atoms with Gasteiger partial charge >= 0.3 is 0 Å². The molecule has 0 bridgehead atoms. The van der Waals surface area contributed by atoms with Crippen molar-refractivity contribution in [2.75, 3.05) is 0 Å². The molecule has 4 aliphatic rings. The van der Waals surface area contributed by atoms with E-state index < -0.39 is 5.60 Å². The van der Waals surface area contributed by atoms with E-state index >= 15 is 0 Å². The summed E-state index contributed by atoms with van der Waals surface area (Å²) in [5.41, 5.74) is 0.569. The van der Waals surface area contributed by atoms with Crippen LogP contribution in [0.3, 0.4) is 0 Å². The topological polar surface area (TPSA) is 37.3 Å². The van der Waals surface area contributed by atoms with E-state index in [2.05, 4.69) is 25.8 Å². The van der Waals surface area contributed by atoms with Gasteiger partial charge in [0.15, 0.2) is 0 Å². The molecule has 124 valence electrons. The molecule has 2 heteroatoms. The van der Waals surface area contributed by atoms with E-state index in [9.17, 15) is 9.90 Å². The van der Waals surface area contributed by atoms with Crippen molar-refractivity contribution in [2.45, 2.75) is 70.8 Å². The molecule has 2 nitrogen and oxygen atoms in total. The summed E-state index contributed by atoms with van der Waals surface area (Å²) in [4.78, 5) is 12.4. The van der Waals surface area contributed by atoms with E-state index in [0.717, 1.165) is 38.5 Å². The largest absolute Gasteiger partial charge is 0.377 e. The number of Topliss-reactive ketones (excluding diaryl/α,β-unsaturated/α-hetero) is 1. The van der Waals surface area contributed by atoms with Crippen LogP contribution >= 0.6 is 0 Å². The summed E-state index contributed by atoms with van der Waals surface area (Å²) in [6.07, 6.45) is 15.4. The molecule has 4 rings (SSSR count). The third-order valence-electron chi connectivity index (χ3n) is 8.14. The van der Waals surface area contributed by atoms with Crippen molar-refractivity contribution >= 4 is 5.78 Å². The van der Waals surface area contributed by atoms with Gasteiger partial charge in [0.1, 0.15) is 11.4 Å². The number of rotatable bonds is 0. The van der Waals surface area contributed by atoms with E-state index in [4.69, 9.17) is 6.42 Å². The number of carbonyl (C=O) groups is 1. The Morgan fingerprint density at radius 2 is 1.91 bits per heavy atom. The van der Waals surface area contributed by atoms with Gasteiger partial charge in [-0.15, -0.1) is 6.42 Å². The highest BCUT2D eigenvalue weighted by atomic mass is 16.3. The first-order valence-electron chi connectivity index (χ1n) is 9.25. The molecule has 6 atom stereocenters. The molecule has 0 radical (unpaired) electrons. The van der Waals surface area contributed by atoms with Crippen LogP contribution in [0.15, 0.2) is 11.6 Å². The zero-order chi connectivity index (χ0) is 16.5. The van der Waals surface area contributed by atoms with Crippen LogP contribution in [-0.4, -0.2) is 16.5 Å². The van der Waals surface area contributed by atoms with Crippen molar-refractivity contribution in [1.82, 2.24) is 0 Å². The van der Waals surface area contributed by atoms with Gasteiger partial charge in [-0.05, 0) is 61.7 Å². The second-order valence-electron chi connectivity index (χ2n) is 9.03. The first-order valence-corrected chi connectivity index (χ1v) is 9.25. The Hall–Kier alpha value is -1.07. The number of terminal acetylenes is 1. The van der Waals surface area contributed by atoms with Gasteiger partial charge in [-0.3, -0.25) is 4.79 Å². The van der Waals surface area contributed by atoms with E-state index in [1.54, 1.807) is 0 Å². The van der Waals surface area contributed by atoms with Crippen LogP contribution in [0.2, 0.25) is 0 Å². The predicted octanol–water partition coefficient (Wildman–Crippen LogP) is 3.88. The quantitative estimate of drug-likeness (QED) is 0.544. The molecule has 0 spiro atoms. The first kappa shape index (κ1) is 15.5. The van der Waals surface area contributed by atoms with E-state index in [0.29, 0.717) is 36.4 Å². The molecule has 0 aromatic heterocycles. The van der Waals surface area contributed by atoms with Crippen molar-refractivity contribution in [2.24, 2.45) is 28.6 Å². The molecule has 0 aromatic carbocycles. The molecule has 0 aliphatic heterocycles. The molecule has 6 unspecified atom stereocenters. The summed E-state index contributed by atoms with van der Waals surface area (Å²) >= 11 is 0. The first-order chi connectivity index (χ1) is 10.8. The highest BCUT2D eigenvalue weighted by Crippen LogP contribution is 2.64. The maximum absolute atomic E-state index is 12.4. The van der Waals surface area contributed by atoms with Crippen LogP contribution in [0.5, 0.6) is 0 Å². The predicted molar refractivity (Wildman–Crippen MR) is 90.5 cm³/mol. The number of aliphatic hydroxyl groups is 1. The molecular formula is C21H28O2. The summed E-state index contributed by atoms with van der Waals surface area (Å²) < 4.78 is 0. The molecule has 1 N–H and O–H groups in total. The zero-order valence-corrected chi connectivity index (χ0v) is 14.4. The minimum absolute atomic E-state index is 0.0584. The Bertz CT molecular complexity index is 626. The van der Waals surface area contributed by atoms with Crippen LogP contribution in [0.4, 0.5) is 0 Å². The van der Waals surface area contributed by atoms with Gasteiger partial charge in [-0.25, -0.2) is 0 Å². The average Bonchev–Trinajstić information content (AvgIpc) is 2.84. The maximum atomic E-state index is 12.4. The summed E-state index contributed by atoms with van der Waals surface area (Å²) in [7, 11) is 0. The van der Waals surface area contributed by atoms with E-state index in [1.807, 2.05) is 0 Å². The Morgan fingerprint density at radius 1 is 1.17 bits per heavy atom. The van der Waals surface area contributed by atoms with Gasteiger partial charge in [0, 0.05) is 18.3 Å². The standard InChI is InChI=1S/C21H28O2/c1-4-21(23)12-11-19(2)14(13-21)5-6-15-16-7-8-18(22)20(16,3)10-9-17(15)19/h1,5,15-17,23H,6-13H2,2-3H3. The molecule has 23 heavy (non-hydrogen) atoms. The molecule has 0 heterocycles. The zero-order valence-electron chi connectivity index (χ0n) is 14.4. The third kappa shape index (κ3) is 1.96. The highest BCUT2D eigenvalue weighted by molar-refractivity contribution is 5.87. The summed E-state index contributed by atoms with van der Waals surface area (Å²) in [6.45, 7) is 4.62. The van der Waals surface area contributed by atoms with Gasteiger partial charge in [-0.2, -0.15) is 0 Å². The third-order valence-corrected chi connectivity index (χ3v) is 8.14. The van der Waals surface area contributed by atoms with E-state index in [1.165, 1.54) is 5.57 Å². The summed E-state index contributed by atoms with van der Waals surface area (Å²) in [5.74, 6) is 5.00. The molecule has 0 saturated heterocycles. The summed E-state index contributed by atoms with van der Waals surface area (Å²) in [6, 6.07) is 0. The average molecular weight is 312 g/mol. The lowest BCUT2D eigenvalue weighted by Gasteiger charge is -2.57. The fourth-order valence-electron chi connectivity index (χ4n) is 6.54. The number of fused-ring (bicyclic) bond motifs is 5. The molecular weight excluding hydrogens is 284 g/mol. The number of carbonyl (C=O) groups excluding carboxylic acids is 1. The Kier molecular flexibility index (Phi) is 3.18. The number of allylic oxidation sites excluding steroid dienone is 1. The second kappa shape index (κ2) is 4.73. The monoisotopic (exact) mass is 312 g/mol. The number of hydrogen-bond donors (Lipinski definition) is 1. The van der Waals surface area contributed by atoms with Crippen molar-refractivity contribution in [1.29, 1.82) is 0 Å². The van der Waals surface area contributed by atoms with Gasteiger partial charge in [0.05, 0.1) is 0 Å². The minimum atomic E-state index is -0.940. The number of ketones is 1. The second-order valence-corrected chi connectivity index (χ2v) is 9.03. The lowest BCUT2D eigenvalue weighted by molar-refractivity contribution is -0.132. The molecule has 0 aromatic rings. The van der Waals surface area contributed by atoms with Crippen molar-refractivity contribution in [3.63, 3.8) is 0 Å². The lowest BCUT2D eigenvalue weighted by atomic mass is 9.47. The van der Waals surface area contributed by atoms with Gasteiger partial charge in [0.25, 0.3) is 0 Å². The van der Waals surface area contributed by atoms with Crippen LogP contribution in [0.1, 0.15) is 65.2 Å². The summed E-state index contributed by atoms with van der Waals surface area (Å²) in [5, 5.41) is 10.5. The van der Waals surface area contributed by atoms with Gasteiger partial charge in [0.2, 0.25) is 0 Å². The highest BCUT2D eigenvalue weighted by Gasteiger charge is 2.59. The van der Waals surface area contributed by atoms with Crippen molar-refractivity contribution < 1.29 is 9.90 Å². The smallest absolute Gasteiger partial charge is 0.139 e. The van der Waals surface area contributed by atoms with Gasteiger partial charge < -0.3 is 5.11 Å². The lowest BCUT2D eigenvalue weighted by Crippen LogP contribution is -2.52. The normalized spacial score (nSPS) is 52.0. The van der Waals surface area contributed by atoms with Gasteiger partial charge in [-0.1, -0.05) is 31.4 Å². The van der Waals surface area contributed by atoms with E-state index in [-0.39, 0.29) is 10.8 Å². The Labute approximate surface area is 139 Å². The molecule has 4 aliphatic carbocycles. The molecule has 3 saturated carbocycles. The van der Waals surface area contributed by atoms with Crippen LogP contribution in [0.25, 0.3) is 0 Å². The van der Waals surface area contributed by atoms with Crippen molar-refractivity contribution in [3.05, 3.63) is 11.6 Å². The fraction of sp³-hybridized carbons (Fsp3) is 0.762. The van der Waals surface area contributed by atoms with Crippen LogP contribution < -0.4 is 0 Å².